The molecule has 0 bridgehead atoms. The molecule has 3 aliphatic rings. The van der Waals surface area contributed by atoms with Gasteiger partial charge in [0.1, 0.15) is 11.6 Å². The van der Waals surface area contributed by atoms with Crippen LogP contribution in [0.15, 0.2) is 0 Å². The quantitative estimate of drug-likeness (QED) is 0.335. The van der Waals surface area contributed by atoms with Gasteiger partial charge in [-0.1, -0.05) is 39.0 Å². The number of rotatable bonds is 8. The molecule has 0 aromatic rings. The van der Waals surface area contributed by atoms with Crippen molar-refractivity contribution >= 4 is 24.8 Å². The van der Waals surface area contributed by atoms with Crippen molar-refractivity contribution < 1.29 is 24.4 Å². The predicted octanol–water partition coefficient (Wildman–Crippen LogP) is 0.221. The van der Waals surface area contributed by atoms with E-state index in [1.165, 1.54) is 11.3 Å². The van der Waals surface area contributed by atoms with Gasteiger partial charge in [0.15, 0.2) is 0 Å². The third-order valence-electron chi connectivity index (χ3n) is 7.65. The Balaban J connectivity index is 1.66. The standard InChI is InChI=1S/C22H39BN4O5/c1-2-16(20(29)27-14-8-11-17(27)23(31)32)25-21(30)22(12-6-7-13-22)26-19(28)18(24)15-9-4-3-5-10-15/h15-18,31-32H,2-14,24H2,1H3,(H,25,30)(H,26,28)/t16-,17-,18-/m0/s1. The zero-order valence-corrected chi connectivity index (χ0v) is 19.2. The Morgan fingerprint density at radius 1 is 1.06 bits per heavy atom. The van der Waals surface area contributed by atoms with E-state index in [0.717, 1.165) is 38.5 Å². The summed E-state index contributed by atoms with van der Waals surface area (Å²) in [6, 6.07) is -1.40. The molecule has 2 saturated carbocycles. The van der Waals surface area contributed by atoms with Crippen LogP contribution < -0.4 is 16.4 Å². The fourth-order valence-corrected chi connectivity index (χ4v) is 5.62. The third kappa shape index (κ3) is 5.46. The number of nitrogens with zero attached hydrogens (tertiary/aromatic N) is 1. The van der Waals surface area contributed by atoms with Gasteiger partial charge in [-0.25, -0.2) is 0 Å². The number of nitrogens with two attached hydrogens (primary N) is 1. The average Bonchev–Trinajstić information content (AvgIpc) is 3.47. The lowest BCUT2D eigenvalue weighted by Crippen LogP contribution is -2.63. The highest BCUT2D eigenvalue weighted by molar-refractivity contribution is 6.43. The Bertz CT molecular complexity index is 679. The monoisotopic (exact) mass is 450 g/mol. The number of hydrogen-bond acceptors (Lipinski definition) is 6. The molecule has 3 rings (SSSR count). The molecule has 3 atom stereocenters. The summed E-state index contributed by atoms with van der Waals surface area (Å²) in [6.07, 6.45) is 9.49. The fraction of sp³-hybridized carbons (Fsp3) is 0.864. The number of nitrogens with one attached hydrogen (secondary N) is 2. The zero-order chi connectivity index (χ0) is 23.3. The summed E-state index contributed by atoms with van der Waals surface area (Å²) in [4.78, 5) is 40.9. The van der Waals surface area contributed by atoms with Gasteiger partial charge in [-0.05, 0) is 50.9 Å². The molecule has 0 radical (unpaired) electrons. The van der Waals surface area contributed by atoms with E-state index in [1.54, 1.807) is 0 Å². The number of carbonyl (C=O) groups is 3. The highest BCUT2D eigenvalue weighted by atomic mass is 16.4. The summed E-state index contributed by atoms with van der Waals surface area (Å²) in [7, 11) is -1.60. The van der Waals surface area contributed by atoms with Gasteiger partial charge in [-0.3, -0.25) is 14.4 Å². The second-order valence-electron chi connectivity index (χ2n) is 9.79. The Labute approximate surface area is 191 Å². The summed E-state index contributed by atoms with van der Waals surface area (Å²) in [5.74, 6) is -1.44. The molecule has 1 saturated heterocycles. The molecule has 0 spiro atoms. The van der Waals surface area contributed by atoms with E-state index in [0.29, 0.717) is 38.6 Å². The van der Waals surface area contributed by atoms with Gasteiger partial charge in [0.05, 0.1) is 12.0 Å². The van der Waals surface area contributed by atoms with Crippen LogP contribution in [0, 0.1) is 5.92 Å². The van der Waals surface area contributed by atoms with Crippen molar-refractivity contribution in [3.8, 4) is 0 Å². The van der Waals surface area contributed by atoms with Crippen LogP contribution in [-0.4, -0.2) is 69.9 Å². The van der Waals surface area contributed by atoms with Crippen molar-refractivity contribution in [2.45, 2.75) is 108 Å². The maximum absolute atomic E-state index is 13.4. The molecule has 32 heavy (non-hydrogen) atoms. The molecule has 9 nitrogen and oxygen atoms in total. The van der Waals surface area contributed by atoms with Gasteiger partial charge >= 0.3 is 7.12 Å². The summed E-state index contributed by atoms with van der Waals surface area (Å²) in [5, 5.41) is 25.0. The molecule has 3 amide bonds. The molecule has 6 N–H and O–H groups in total. The number of likely N-dealkylation sites (tertiary alicyclic amines) is 1. The van der Waals surface area contributed by atoms with Crippen LogP contribution in [0.2, 0.25) is 0 Å². The second-order valence-corrected chi connectivity index (χ2v) is 9.79. The van der Waals surface area contributed by atoms with Crippen molar-refractivity contribution in [2.24, 2.45) is 11.7 Å². The first-order chi connectivity index (χ1) is 15.3. The second kappa shape index (κ2) is 11.0. The largest absolute Gasteiger partial charge is 0.475 e. The van der Waals surface area contributed by atoms with Crippen LogP contribution in [0.5, 0.6) is 0 Å². The smallest absolute Gasteiger partial charge is 0.426 e. The molecule has 10 heteroatoms. The minimum Gasteiger partial charge on any atom is -0.426 e. The van der Waals surface area contributed by atoms with Crippen LogP contribution in [-0.2, 0) is 14.4 Å². The van der Waals surface area contributed by atoms with Gasteiger partial charge in [-0.2, -0.15) is 0 Å². The van der Waals surface area contributed by atoms with Gasteiger partial charge in [-0.15, -0.1) is 0 Å². The summed E-state index contributed by atoms with van der Waals surface area (Å²) < 4.78 is 0. The number of amides is 3. The maximum atomic E-state index is 13.4. The Morgan fingerprint density at radius 2 is 1.72 bits per heavy atom. The van der Waals surface area contributed by atoms with Crippen LogP contribution in [0.1, 0.15) is 84.0 Å². The lowest BCUT2D eigenvalue weighted by atomic mass is 9.77. The van der Waals surface area contributed by atoms with E-state index >= 15 is 0 Å². The zero-order valence-electron chi connectivity index (χ0n) is 19.2. The van der Waals surface area contributed by atoms with Crippen molar-refractivity contribution in [1.82, 2.24) is 15.5 Å². The lowest BCUT2D eigenvalue weighted by Gasteiger charge is -2.35. The first-order valence-corrected chi connectivity index (χ1v) is 12.3. The third-order valence-corrected chi connectivity index (χ3v) is 7.65. The summed E-state index contributed by atoms with van der Waals surface area (Å²) in [5.41, 5.74) is 5.24. The number of hydrogen-bond donors (Lipinski definition) is 5. The molecule has 2 aliphatic carbocycles. The molecule has 3 fully saturated rings. The van der Waals surface area contributed by atoms with Gasteiger partial charge in [0.2, 0.25) is 17.7 Å². The van der Waals surface area contributed by atoms with Gasteiger partial charge in [0.25, 0.3) is 0 Å². The fourth-order valence-electron chi connectivity index (χ4n) is 5.62. The van der Waals surface area contributed by atoms with E-state index in [9.17, 15) is 24.4 Å². The SMILES string of the molecule is CC[C@H](NC(=O)C1(NC(=O)[C@@H](N)C2CCCCC2)CCCC1)C(=O)N1CCC[C@H]1B(O)O. The van der Waals surface area contributed by atoms with E-state index in [-0.39, 0.29) is 23.6 Å². The molecule has 0 aromatic carbocycles. The van der Waals surface area contributed by atoms with E-state index in [4.69, 9.17) is 5.73 Å². The minimum atomic E-state index is -1.60. The van der Waals surface area contributed by atoms with Crippen molar-refractivity contribution in [3.05, 3.63) is 0 Å². The highest BCUT2D eigenvalue weighted by Crippen LogP contribution is 2.32. The first kappa shape index (κ1) is 25.0. The maximum Gasteiger partial charge on any atom is 0.475 e. The van der Waals surface area contributed by atoms with E-state index in [1.807, 2.05) is 6.92 Å². The topological polar surface area (TPSA) is 145 Å². The molecule has 0 aromatic heterocycles. The molecule has 1 heterocycles. The molecule has 1 aliphatic heterocycles. The minimum absolute atomic E-state index is 0.146. The predicted molar refractivity (Wildman–Crippen MR) is 121 cm³/mol. The van der Waals surface area contributed by atoms with Crippen molar-refractivity contribution in [1.29, 1.82) is 0 Å². The summed E-state index contributed by atoms with van der Waals surface area (Å²) in [6.45, 7) is 2.24. The van der Waals surface area contributed by atoms with E-state index in [2.05, 4.69) is 10.6 Å². The van der Waals surface area contributed by atoms with Crippen LogP contribution >= 0.6 is 0 Å². The van der Waals surface area contributed by atoms with Gasteiger partial charge < -0.3 is 31.3 Å². The van der Waals surface area contributed by atoms with Crippen LogP contribution in [0.4, 0.5) is 0 Å². The van der Waals surface area contributed by atoms with E-state index < -0.39 is 30.7 Å². The van der Waals surface area contributed by atoms with Crippen LogP contribution in [0.3, 0.4) is 0 Å². The molecule has 0 unspecified atom stereocenters. The number of carbonyl (C=O) groups excluding carboxylic acids is 3. The van der Waals surface area contributed by atoms with Gasteiger partial charge in [0, 0.05) is 6.54 Å². The van der Waals surface area contributed by atoms with Crippen molar-refractivity contribution in [3.63, 3.8) is 0 Å². The first-order valence-electron chi connectivity index (χ1n) is 12.3. The molecule has 180 valence electrons. The Kier molecular flexibility index (Phi) is 8.58. The molecular weight excluding hydrogens is 411 g/mol. The highest BCUT2D eigenvalue weighted by Gasteiger charge is 2.46. The normalized spacial score (nSPS) is 25.2. The lowest BCUT2D eigenvalue weighted by molar-refractivity contribution is -0.139. The molecular formula is C22H39BN4O5. The Hall–Kier alpha value is -1.65. The average molecular weight is 450 g/mol. The summed E-state index contributed by atoms with van der Waals surface area (Å²) >= 11 is 0. The van der Waals surface area contributed by atoms with Crippen molar-refractivity contribution in [2.75, 3.05) is 6.54 Å². The van der Waals surface area contributed by atoms with Crippen LogP contribution in [0.25, 0.3) is 0 Å². The Morgan fingerprint density at radius 3 is 2.31 bits per heavy atom.